The lowest BCUT2D eigenvalue weighted by atomic mass is 9.88. The number of rotatable bonds is 6. The van der Waals surface area contributed by atoms with Gasteiger partial charge in [-0.15, -0.1) is 35.3 Å². The Morgan fingerprint density at radius 2 is 2.03 bits per heavy atom. The highest BCUT2D eigenvalue weighted by Gasteiger charge is 2.31. The minimum Gasteiger partial charge on any atom is -0.356 e. The summed E-state index contributed by atoms with van der Waals surface area (Å²) in [6.07, 6.45) is 2.33. The predicted octanol–water partition coefficient (Wildman–Crippen LogP) is 3.69. The zero-order chi connectivity index (χ0) is 20.6. The molecule has 3 rings (SSSR count). The molecule has 9 heteroatoms. The SMILES string of the molecule is CN=C(NCC(=O)Nc1ccc(F)cc1)NCC1CCCN(C)C1c1cccs1.I. The molecule has 3 N–H and O–H groups in total. The third kappa shape index (κ3) is 6.92. The summed E-state index contributed by atoms with van der Waals surface area (Å²) in [7, 11) is 3.88. The van der Waals surface area contributed by atoms with Gasteiger partial charge in [0.05, 0.1) is 6.54 Å². The Labute approximate surface area is 198 Å². The largest absolute Gasteiger partial charge is 0.356 e. The minimum atomic E-state index is -0.333. The maximum Gasteiger partial charge on any atom is 0.243 e. The van der Waals surface area contributed by atoms with Gasteiger partial charge in [0.25, 0.3) is 0 Å². The summed E-state index contributed by atoms with van der Waals surface area (Å²) < 4.78 is 13.0. The zero-order valence-corrected chi connectivity index (χ0v) is 20.4. The number of amides is 1. The molecule has 2 aromatic rings. The van der Waals surface area contributed by atoms with E-state index in [-0.39, 0.29) is 42.2 Å². The second-order valence-corrected chi connectivity index (χ2v) is 8.18. The van der Waals surface area contributed by atoms with Crippen LogP contribution in [0.3, 0.4) is 0 Å². The van der Waals surface area contributed by atoms with E-state index in [1.165, 1.54) is 35.6 Å². The molecule has 1 aliphatic rings. The van der Waals surface area contributed by atoms with Gasteiger partial charge in [-0.1, -0.05) is 6.07 Å². The number of nitrogens with one attached hydrogen (secondary N) is 3. The molecule has 0 spiro atoms. The van der Waals surface area contributed by atoms with Gasteiger partial charge in [-0.05, 0) is 68.1 Å². The van der Waals surface area contributed by atoms with E-state index in [4.69, 9.17) is 0 Å². The number of nitrogens with zero attached hydrogens (tertiary/aromatic N) is 2. The van der Waals surface area contributed by atoms with E-state index in [0.717, 1.165) is 19.5 Å². The van der Waals surface area contributed by atoms with Crippen molar-refractivity contribution in [2.75, 3.05) is 39.0 Å². The first kappa shape index (κ1) is 24.5. The fourth-order valence-corrected chi connectivity index (χ4v) is 4.72. The minimum absolute atomic E-state index is 0. The number of piperidine rings is 1. The monoisotopic (exact) mass is 545 g/mol. The van der Waals surface area contributed by atoms with E-state index >= 15 is 0 Å². The molecule has 1 aliphatic heterocycles. The Morgan fingerprint density at radius 1 is 1.27 bits per heavy atom. The third-order valence-corrected chi connectivity index (χ3v) is 6.08. The van der Waals surface area contributed by atoms with Gasteiger partial charge in [0.15, 0.2) is 5.96 Å². The average Bonchev–Trinajstić information content (AvgIpc) is 3.24. The van der Waals surface area contributed by atoms with Gasteiger partial charge < -0.3 is 16.0 Å². The first-order valence-corrected chi connectivity index (χ1v) is 10.7. The summed E-state index contributed by atoms with van der Waals surface area (Å²) in [5, 5.41) is 11.3. The topological polar surface area (TPSA) is 68.8 Å². The molecular weight excluding hydrogens is 516 g/mol. The van der Waals surface area contributed by atoms with Crippen molar-refractivity contribution in [1.29, 1.82) is 0 Å². The molecule has 2 unspecified atom stereocenters. The molecule has 6 nitrogen and oxygen atoms in total. The van der Waals surface area contributed by atoms with Crippen LogP contribution in [0.1, 0.15) is 23.8 Å². The number of likely N-dealkylation sites (tertiary alicyclic amines) is 1. The summed E-state index contributed by atoms with van der Waals surface area (Å²) in [6.45, 7) is 1.97. The molecule has 0 radical (unpaired) electrons. The molecule has 0 aliphatic carbocycles. The Bertz CT molecular complexity index is 815. The molecule has 1 aromatic heterocycles. The van der Waals surface area contributed by atoms with Crippen LogP contribution in [-0.2, 0) is 4.79 Å². The fourth-order valence-electron chi connectivity index (χ4n) is 3.73. The van der Waals surface area contributed by atoms with Crippen LogP contribution < -0.4 is 16.0 Å². The highest BCUT2D eigenvalue weighted by molar-refractivity contribution is 14.0. The Balaban J connectivity index is 0.00000320. The van der Waals surface area contributed by atoms with Crippen molar-refractivity contribution in [3.8, 4) is 0 Å². The summed E-state index contributed by atoms with van der Waals surface area (Å²) in [5.41, 5.74) is 0.560. The number of halogens is 2. The van der Waals surface area contributed by atoms with Crippen LogP contribution in [0.25, 0.3) is 0 Å². The smallest absolute Gasteiger partial charge is 0.243 e. The van der Waals surface area contributed by atoms with Gasteiger partial charge in [0, 0.05) is 30.2 Å². The summed E-state index contributed by atoms with van der Waals surface area (Å²) in [5.74, 6) is 0.518. The maximum atomic E-state index is 13.0. The van der Waals surface area contributed by atoms with Crippen molar-refractivity contribution >= 4 is 52.9 Å². The van der Waals surface area contributed by atoms with Crippen molar-refractivity contribution in [3.05, 3.63) is 52.5 Å². The van der Waals surface area contributed by atoms with Crippen LogP contribution >= 0.6 is 35.3 Å². The number of guanidine groups is 1. The van der Waals surface area contributed by atoms with E-state index in [1.807, 2.05) is 0 Å². The number of benzene rings is 1. The zero-order valence-electron chi connectivity index (χ0n) is 17.2. The van der Waals surface area contributed by atoms with Gasteiger partial charge >= 0.3 is 0 Å². The number of carbonyl (C=O) groups is 1. The van der Waals surface area contributed by atoms with E-state index < -0.39 is 0 Å². The quantitative estimate of drug-likeness (QED) is 0.294. The molecule has 1 saturated heterocycles. The van der Waals surface area contributed by atoms with Gasteiger partial charge in [0.2, 0.25) is 5.91 Å². The molecule has 1 aromatic carbocycles. The Morgan fingerprint density at radius 3 is 2.70 bits per heavy atom. The number of hydrogen-bond donors (Lipinski definition) is 3. The van der Waals surface area contributed by atoms with Crippen LogP contribution in [-0.4, -0.2) is 50.5 Å². The lowest BCUT2D eigenvalue weighted by molar-refractivity contribution is -0.115. The third-order valence-electron chi connectivity index (χ3n) is 5.14. The number of carbonyl (C=O) groups excluding carboxylic acids is 1. The predicted molar refractivity (Wildman–Crippen MR) is 132 cm³/mol. The first-order valence-electron chi connectivity index (χ1n) is 9.80. The van der Waals surface area contributed by atoms with Crippen LogP contribution in [0.5, 0.6) is 0 Å². The van der Waals surface area contributed by atoms with Crippen LogP contribution in [0.4, 0.5) is 10.1 Å². The van der Waals surface area contributed by atoms with Gasteiger partial charge in [-0.2, -0.15) is 0 Å². The lowest BCUT2D eigenvalue weighted by Gasteiger charge is -2.39. The number of aliphatic imine (C=N–C) groups is 1. The second kappa shape index (κ2) is 12.2. The lowest BCUT2D eigenvalue weighted by Crippen LogP contribution is -2.46. The standard InChI is InChI=1S/C21H28FN5OS.HI/c1-23-21(25-14-19(28)26-17-9-7-16(22)8-10-17)24-13-15-5-3-11-27(2)20(15)18-6-4-12-29-18;/h4,6-10,12,15,20H,3,5,11,13-14H2,1-2H3,(H,26,28)(H2,23,24,25);1H. The second-order valence-electron chi connectivity index (χ2n) is 7.20. The molecule has 1 amide bonds. The summed E-state index contributed by atoms with van der Waals surface area (Å²) >= 11 is 1.80. The molecule has 0 bridgehead atoms. The van der Waals surface area contributed by atoms with Crippen molar-refractivity contribution in [1.82, 2.24) is 15.5 Å². The van der Waals surface area contributed by atoms with Crippen molar-refractivity contribution < 1.29 is 9.18 Å². The molecule has 1 fully saturated rings. The molecule has 30 heavy (non-hydrogen) atoms. The average molecular weight is 545 g/mol. The van der Waals surface area contributed by atoms with Crippen LogP contribution in [0.2, 0.25) is 0 Å². The fraction of sp³-hybridized carbons (Fsp3) is 0.429. The van der Waals surface area contributed by atoms with E-state index in [9.17, 15) is 9.18 Å². The number of hydrogen-bond acceptors (Lipinski definition) is 4. The van der Waals surface area contributed by atoms with Gasteiger partial charge in [-0.3, -0.25) is 14.7 Å². The first-order chi connectivity index (χ1) is 14.1. The van der Waals surface area contributed by atoms with Gasteiger partial charge in [0.1, 0.15) is 5.82 Å². The van der Waals surface area contributed by atoms with Crippen molar-refractivity contribution in [2.45, 2.75) is 18.9 Å². The summed E-state index contributed by atoms with van der Waals surface area (Å²) in [6, 6.07) is 10.4. The van der Waals surface area contributed by atoms with E-state index in [0.29, 0.717) is 23.6 Å². The molecule has 164 valence electrons. The van der Waals surface area contributed by atoms with E-state index in [1.54, 1.807) is 18.4 Å². The molecule has 0 saturated carbocycles. The van der Waals surface area contributed by atoms with E-state index in [2.05, 4.69) is 50.4 Å². The Kier molecular flexibility index (Phi) is 9.99. The van der Waals surface area contributed by atoms with Crippen molar-refractivity contribution in [2.24, 2.45) is 10.9 Å². The highest BCUT2D eigenvalue weighted by atomic mass is 127. The van der Waals surface area contributed by atoms with Crippen LogP contribution in [0, 0.1) is 11.7 Å². The normalized spacial score (nSPS) is 19.6. The maximum absolute atomic E-state index is 13.0. The highest BCUT2D eigenvalue weighted by Crippen LogP contribution is 2.36. The number of anilines is 1. The molecule has 2 heterocycles. The Hall–Kier alpha value is -1.72. The molecular formula is C21H29FIN5OS. The van der Waals surface area contributed by atoms with Crippen LogP contribution in [0.15, 0.2) is 46.8 Å². The number of thiophene rings is 1. The molecule has 2 atom stereocenters. The van der Waals surface area contributed by atoms with Gasteiger partial charge in [-0.25, -0.2) is 4.39 Å². The van der Waals surface area contributed by atoms with Crippen molar-refractivity contribution in [3.63, 3.8) is 0 Å². The summed E-state index contributed by atoms with van der Waals surface area (Å²) in [4.78, 5) is 20.2.